The minimum absolute atomic E-state index is 0.00372. The summed E-state index contributed by atoms with van der Waals surface area (Å²) in [6, 6.07) is 4.04. The average Bonchev–Trinajstić information content (AvgIpc) is 3.10. The van der Waals surface area contributed by atoms with Gasteiger partial charge in [-0.05, 0) is 18.2 Å². The van der Waals surface area contributed by atoms with E-state index in [-0.39, 0.29) is 35.8 Å². The normalized spacial score (nSPS) is 17.7. The number of aromatic nitrogens is 4. The van der Waals surface area contributed by atoms with E-state index in [4.69, 9.17) is 4.74 Å². The van der Waals surface area contributed by atoms with Crippen LogP contribution < -0.4 is 9.64 Å². The van der Waals surface area contributed by atoms with Crippen LogP contribution in [0.25, 0.3) is 33.1 Å². The van der Waals surface area contributed by atoms with E-state index in [2.05, 4.69) is 15.0 Å². The van der Waals surface area contributed by atoms with E-state index in [0.29, 0.717) is 41.1 Å². The smallest absolute Gasteiger partial charge is 0.407 e. The Kier molecular flexibility index (Phi) is 4.16. The second-order valence-electron chi connectivity index (χ2n) is 8.19. The summed E-state index contributed by atoms with van der Waals surface area (Å²) in [5, 5.41) is 9.77. The number of aryl methyl sites for hydroxylation is 1. The molecule has 1 atom stereocenters. The summed E-state index contributed by atoms with van der Waals surface area (Å²) in [6.45, 7) is 1.07. The van der Waals surface area contributed by atoms with Crippen molar-refractivity contribution in [1.82, 2.24) is 24.4 Å². The highest BCUT2D eigenvalue weighted by molar-refractivity contribution is 6.02. The van der Waals surface area contributed by atoms with Gasteiger partial charge in [0.1, 0.15) is 35.8 Å². The minimum atomic E-state index is -1.00. The third-order valence-electron chi connectivity index (χ3n) is 6.37. The summed E-state index contributed by atoms with van der Waals surface area (Å²) in [4.78, 5) is 27.5. The van der Waals surface area contributed by atoms with Crippen LogP contribution in [0.3, 0.4) is 0 Å². The number of rotatable bonds is 1. The monoisotopic (exact) mass is 452 g/mol. The largest absolute Gasteiger partial charge is 0.490 e. The molecule has 1 saturated heterocycles. The van der Waals surface area contributed by atoms with Gasteiger partial charge in [-0.2, -0.15) is 0 Å². The second kappa shape index (κ2) is 6.99. The molecule has 0 saturated carbocycles. The second-order valence-corrected chi connectivity index (χ2v) is 8.19. The van der Waals surface area contributed by atoms with Gasteiger partial charge >= 0.3 is 6.09 Å². The average molecular weight is 452 g/mol. The van der Waals surface area contributed by atoms with Crippen LogP contribution in [0.1, 0.15) is 0 Å². The lowest BCUT2D eigenvalue weighted by molar-refractivity contribution is 0.127. The van der Waals surface area contributed by atoms with E-state index in [1.54, 1.807) is 24.0 Å². The molecule has 4 heterocycles. The Morgan fingerprint density at radius 2 is 2.03 bits per heavy atom. The molecule has 11 heteroatoms. The third-order valence-corrected chi connectivity index (χ3v) is 6.37. The molecule has 33 heavy (non-hydrogen) atoms. The molecule has 168 valence electrons. The first-order chi connectivity index (χ1) is 15.9. The standard InChI is InChI=1S/C22H18F2N6O3/c1-28-10-27-19-14(28)3-2-13(23)16(19)12-6-15-17-20(18(12)24)25-9-26-21(17)30-5-4-29(22(31)32)7-11(30)8-33-15/h2-3,6,9-11H,4-5,7-8H2,1H3,(H,31,32)/t11-/m0/s1. The quantitative estimate of drug-likeness (QED) is 0.474. The zero-order valence-corrected chi connectivity index (χ0v) is 17.5. The van der Waals surface area contributed by atoms with Gasteiger partial charge in [-0.3, -0.25) is 0 Å². The fourth-order valence-electron chi connectivity index (χ4n) is 4.75. The maximum Gasteiger partial charge on any atom is 0.407 e. The predicted octanol–water partition coefficient (Wildman–Crippen LogP) is 3.02. The van der Waals surface area contributed by atoms with Gasteiger partial charge in [0.15, 0.2) is 5.82 Å². The Morgan fingerprint density at radius 3 is 2.85 bits per heavy atom. The van der Waals surface area contributed by atoms with Gasteiger partial charge in [0.05, 0.1) is 28.8 Å². The number of fused-ring (bicyclic) bond motifs is 3. The van der Waals surface area contributed by atoms with Gasteiger partial charge in [0.25, 0.3) is 0 Å². The highest BCUT2D eigenvalue weighted by Crippen LogP contribution is 2.43. The number of imidazole rings is 1. The fourth-order valence-corrected chi connectivity index (χ4v) is 4.75. The Balaban J connectivity index is 1.57. The molecule has 1 N–H and O–H groups in total. The van der Waals surface area contributed by atoms with Crippen molar-refractivity contribution in [2.24, 2.45) is 7.05 Å². The zero-order chi connectivity index (χ0) is 22.9. The van der Waals surface area contributed by atoms with E-state index in [1.807, 2.05) is 4.90 Å². The maximum absolute atomic E-state index is 15.9. The topological polar surface area (TPSA) is 96.6 Å². The molecule has 0 unspecified atom stereocenters. The fraction of sp³-hybridized carbons (Fsp3) is 0.273. The van der Waals surface area contributed by atoms with Crippen molar-refractivity contribution in [3.63, 3.8) is 0 Å². The third kappa shape index (κ3) is 2.81. The van der Waals surface area contributed by atoms with Crippen LogP contribution in [-0.4, -0.2) is 67.9 Å². The van der Waals surface area contributed by atoms with Gasteiger partial charge < -0.3 is 24.2 Å². The van der Waals surface area contributed by atoms with Crippen LogP contribution in [0.5, 0.6) is 5.75 Å². The van der Waals surface area contributed by atoms with Crippen molar-refractivity contribution in [2.75, 3.05) is 31.1 Å². The molecule has 2 aliphatic heterocycles. The van der Waals surface area contributed by atoms with Crippen LogP contribution in [0.15, 0.2) is 30.9 Å². The molecule has 2 aliphatic rings. The molecule has 0 radical (unpaired) electrons. The first-order valence-electron chi connectivity index (χ1n) is 10.4. The number of piperazine rings is 1. The summed E-state index contributed by atoms with van der Waals surface area (Å²) in [7, 11) is 1.78. The first kappa shape index (κ1) is 19.6. The van der Waals surface area contributed by atoms with Crippen LogP contribution in [-0.2, 0) is 7.05 Å². The molecule has 2 aromatic carbocycles. The van der Waals surface area contributed by atoms with Crippen LogP contribution in [0.2, 0.25) is 0 Å². The van der Waals surface area contributed by atoms with Gasteiger partial charge in [0, 0.05) is 37.8 Å². The number of anilines is 1. The molecular weight excluding hydrogens is 434 g/mol. The zero-order valence-electron chi connectivity index (χ0n) is 17.5. The number of carbonyl (C=O) groups is 1. The van der Waals surface area contributed by atoms with Crippen molar-refractivity contribution in [1.29, 1.82) is 0 Å². The summed E-state index contributed by atoms with van der Waals surface area (Å²) in [5.74, 6) is -0.505. The highest BCUT2D eigenvalue weighted by Gasteiger charge is 2.35. The van der Waals surface area contributed by atoms with E-state index in [0.717, 1.165) is 0 Å². The van der Waals surface area contributed by atoms with Crippen molar-refractivity contribution in [3.8, 4) is 16.9 Å². The van der Waals surface area contributed by atoms with Crippen molar-refractivity contribution in [3.05, 3.63) is 42.5 Å². The predicted molar refractivity (Wildman–Crippen MR) is 115 cm³/mol. The molecule has 9 nitrogen and oxygen atoms in total. The SMILES string of the molecule is Cn1cnc2c(-c3cc4c5c(ncnc5c3F)N3CCN(C(=O)O)C[C@H]3CO4)c(F)ccc21. The van der Waals surface area contributed by atoms with Crippen LogP contribution >= 0.6 is 0 Å². The highest BCUT2D eigenvalue weighted by atomic mass is 19.1. The minimum Gasteiger partial charge on any atom is -0.490 e. The number of ether oxygens (including phenoxy) is 1. The van der Waals surface area contributed by atoms with Crippen LogP contribution in [0, 0.1) is 11.6 Å². The molecular formula is C22H18F2N6O3. The Morgan fingerprint density at radius 1 is 1.18 bits per heavy atom. The number of hydrogen-bond donors (Lipinski definition) is 1. The van der Waals surface area contributed by atoms with Crippen molar-refractivity contribution < 1.29 is 23.4 Å². The molecule has 4 aromatic rings. The number of nitrogens with zero attached hydrogens (tertiary/aromatic N) is 6. The molecule has 0 aliphatic carbocycles. The number of hydrogen-bond acceptors (Lipinski definition) is 6. The summed E-state index contributed by atoms with van der Waals surface area (Å²) in [6.07, 6.45) is 1.80. The number of carboxylic acid groups (broad SMARTS) is 1. The molecule has 0 spiro atoms. The lowest BCUT2D eigenvalue weighted by Crippen LogP contribution is -2.56. The van der Waals surface area contributed by atoms with Crippen molar-refractivity contribution >= 4 is 33.8 Å². The van der Waals surface area contributed by atoms with Crippen molar-refractivity contribution in [2.45, 2.75) is 6.04 Å². The van der Waals surface area contributed by atoms with E-state index < -0.39 is 17.7 Å². The van der Waals surface area contributed by atoms with E-state index in [9.17, 15) is 9.90 Å². The Bertz CT molecular complexity index is 1460. The van der Waals surface area contributed by atoms with E-state index in [1.165, 1.54) is 23.4 Å². The Hall–Kier alpha value is -4.02. The first-order valence-corrected chi connectivity index (χ1v) is 10.4. The number of amides is 1. The van der Waals surface area contributed by atoms with Gasteiger partial charge in [-0.15, -0.1) is 0 Å². The maximum atomic E-state index is 15.9. The molecule has 1 fully saturated rings. The van der Waals surface area contributed by atoms with Crippen LogP contribution in [0.4, 0.5) is 19.4 Å². The van der Waals surface area contributed by atoms with Gasteiger partial charge in [-0.25, -0.2) is 28.5 Å². The molecule has 2 aromatic heterocycles. The Labute approximate surface area is 185 Å². The molecule has 6 rings (SSSR count). The number of benzene rings is 2. The summed E-state index contributed by atoms with van der Waals surface area (Å²) in [5.41, 5.74) is 1.04. The summed E-state index contributed by atoms with van der Waals surface area (Å²) < 4.78 is 38.6. The summed E-state index contributed by atoms with van der Waals surface area (Å²) >= 11 is 0. The van der Waals surface area contributed by atoms with E-state index >= 15 is 8.78 Å². The van der Waals surface area contributed by atoms with Gasteiger partial charge in [-0.1, -0.05) is 0 Å². The molecule has 1 amide bonds. The molecule has 0 bridgehead atoms. The lowest BCUT2D eigenvalue weighted by atomic mass is 9.99. The van der Waals surface area contributed by atoms with Gasteiger partial charge in [0.2, 0.25) is 0 Å². The number of halogens is 2. The lowest BCUT2D eigenvalue weighted by Gasteiger charge is -2.39.